The second-order valence-corrected chi connectivity index (χ2v) is 2.20. The number of likely N-dealkylation sites (N-methyl/N-ethyl adjacent to an activating group) is 1. The summed E-state index contributed by atoms with van der Waals surface area (Å²) in [5.74, 6) is 0.236. The summed E-state index contributed by atoms with van der Waals surface area (Å²) in [6, 6.07) is 0.0787. The Labute approximate surface area is 56.3 Å². The Balaban J connectivity index is 3.72. The average molecular weight is 129 g/mol. The first-order chi connectivity index (χ1) is 4.09. The molecule has 9 heavy (non-hydrogen) atoms. The number of hydrogen-bond acceptors (Lipinski definition) is 2. The van der Waals surface area contributed by atoms with E-state index >= 15 is 0 Å². The number of nitrogens with two attached hydrogens (primary N) is 1. The maximum atomic E-state index is 7.07. The van der Waals surface area contributed by atoms with Crippen LogP contribution in [0.3, 0.4) is 0 Å². The summed E-state index contributed by atoms with van der Waals surface area (Å²) in [6.45, 7) is 4.89. The number of nitrogens with one attached hydrogen (secondary N) is 1. The van der Waals surface area contributed by atoms with Crippen LogP contribution in [-0.2, 0) is 0 Å². The quantitative estimate of drug-likeness (QED) is 0.424. The van der Waals surface area contributed by atoms with Crippen LogP contribution in [0.2, 0.25) is 0 Å². The summed E-state index contributed by atoms with van der Waals surface area (Å²) in [5.41, 5.74) is 5.25. The minimum atomic E-state index is 0.0787. The zero-order valence-electron chi connectivity index (χ0n) is 6.31. The van der Waals surface area contributed by atoms with Gasteiger partial charge in [-0.3, -0.25) is 10.3 Å². The highest BCUT2D eigenvalue weighted by molar-refractivity contribution is 5.82. The standard InChI is InChI=1S/C6H15N3/c1-4-9(3)5(2)6(7)8/h5H,4H2,1-3H3,(H3,7,8). The number of rotatable bonds is 3. The molecular formula is C6H15N3. The van der Waals surface area contributed by atoms with Crippen LogP contribution in [0.25, 0.3) is 0 Å². The molecule has 0 radical (unpaired) electrons. The van der Waals surface area contributed by atoms with Gasteiger partial charge in [0.25, 0.3) is 0 Å². The van der Waals surface area contributed by atoms with Gasteiger partial charge in [-0.15, -0.1) is 0 Å². The fraction of sp³-hybridized carbons (Fsp3) is 0.833. The molecule has 3 nitrogen and oxygen atoms in total. The van der Waals surface area contributed by atoms with Crippen molar-refractivity contribution in [1.82, 2.24) is 4.90 Å². The Morgan fingerprint density at radius 1 is 1.78 bits per heavy atom. The smallest absolute Gasteiger partial charge is 0.108 e. The van der Waals surface area contributed by atoms with Gasteiger partial charge in [0.1, 0.15) is 5.84 Å². The molecule has 0 aliphatic heterocycles. The lowest BCUT2D eigenvalue weighted by Gasteiger charge is -2.20. The molecule has 0 rings (SSSR count). The molecule has 1 unspecified atom stereocenters. The lowest BCUT2D eigenvalue weighted by Crippen LogP contribution is -2.39. The van der Waals surface area contributed by atoms with Crippen LogP contribution in [0.4, 0.5) is 0 Å². The summed E-state index contributed by atoms with van der Waals surface area (Å²) in [4.78, 5) is 2.02. The van der Waals surface area contributed by atoms with Crippen LogP contribution in [0, 0.1) is 5.41 Å². The van der Waals surface area contributed by atoms with Gasteiger partial charge < -0.3 is 5.73 Å². The highest BCUT2D eigenvalue weighted by Crippen LogP contribution is 1.91. The van der Waals surface area contributed by atoms with Crippen LogP contribution >= 0.6 is 0 Å². The molecule has 54 valence electrons. The van der Waals surface area contributed by atoms with Gasteiger partial charge in [0.15, 0.2) is 0 Å². The second-order valence-electron chi connectivity index (χ2n) is 2.20. The Bertz CT molecular complexity index is 100. The zero-order valence-corrected chi connectivity index (χ0v) is 6.31. The third kappa shape index (κ3) is 2.46. The molecule has 0 aromatic rings. The van der Waals surface area contributed by atoms with E-state index in [1.165, 1.54) is 0 Å². The van der Waals surface area contributed by atoms with Gasteiger partial charge in [0, 0.05) is 0 Å². The molecule has 0 aromatic carbocycles. The molecule has 0 saturated carbocycles. The maximum Gasteiger partial charge on any atom is 0.108 e. The van der Waals surface area contributed by atoms with E-state index in [-0.39, 0.29) is 11.9 Å². The molecule has 0 bridgehead atoms. The van der Waals surface area contributed by atoms with Crippen LogP contribution in [0.1, 0.15) is 13.8 Å². The maximum absolute atomic E-state index is 7.07. The molecule has 1 atom stereocenters. The topological polar surface area (TPSA) is 53.1 Å². The SMILES string of the molecule is CCN(C)C(C)C(=N)N. The average Bonchev–Trinajstić information content (AvgIpc) is 1.84. The van der Waals surface area contributed by atoms with E-state index in [2.05, 4.69) is 0 Å². The van der Waals surface area contributed by atoms with Gasteiger partial charge in [-0.05, 0) is 20.5 Å². The lowest BCUT2D eigenvalue weighted by molar-refractivity contribution is 0.326. The van der Waals surface area contributed by atoms with Gasteiger partial charge in [-0.1, -0.05) is 6.92 Å². The van der Waals surface area contributed by atoms with Crippen molar-refractivity contribution in [1.29, 1.82) is 5.41 Å². The van der Waals surface area contributed by atoms with E-state index in [0.717, 1.165) is 6.54 Å². The third-order valence-electron chi connectivity index (χ3n) is 1.61. The molecule has 0 saturated heterocycles. The zero-order chi connectivity index (χ0) is 7.44. The minimum Gasteiger partial charge on any atom is -0.386 e. The van der Waals surface area contributed by atoms with Gasteiger partial charge in [-0.2, -0.15) is 0 Å². The van der Waals surface area contributed by atoms with Crippen molar-refractivity contribution in [2.24, 2.45) is 5.73 Å². The van der Waals surface area contributed by atoms with Crippen molar-refractivity contribution in [3.8, 4) is 0 Å². The number of nitrogens with zero attached hydrogens (tertiary/aromatic N) is 1. The van der Waals surface area contributed by atoms with Crippen LogP contribution < -0.4 is 5.73 Å². The first-order valence-corrected chi connectivity index (χ1v) is 3.13. The Morgan fingerprint density at radius 2 is 2.22 bits per heavy atom. The molecule has 0 aliphatic carbocycles. The third-order valence-corrected chi connectivity index (χ3v) is 1.61. The van der Waals surface area contributed by atoms with Crippen molar-refractivity contribution in [2.45, 2.75) is 19.9 Å². The molecule has 0 fully saturated rings. The molecular weight excluding hydrogens is 114 g/mol. The summed E-state index contributed by atoms with van der Waals surface area (Å²) in [7, 11) is 1.95. The second kappa shape index (κ2) is 3.45. The van der Waals surface area contributed by atoms with E-state index in [4.69, 9.17) is 11.1 Å². The van der Waals surface area contributed by atoms with E-state index < -0.39 is 0 Å². The normalized spacial score (nSPS) is 13.8. The Kier molecular flexibility index (Phi) is 3.24. The van der Waals surface area contributed by atoms with E-state index in [1.54, 1.807) is 0 Å². The Hall–Kier alpha value is -0.570. The Morgan fingerprint density at radius 3 is 2.33 bits per heavy atom. The van der Waals surface area contributed by atoms with E-state index in [1.807, 2.05) is 25.8 Å². The van der Waals surface area contributed by atoms with Gasteiger partial charge >= 0.3 is 0 Å². The molecule has 3 N–H and O–H groups in total. The van der Waals surface area contributed by atoms with Crippen molar-refractivity contribution in [2.75, 3.05) is 13.6 Å². The molecule has 0 aliphatic rings. The van der Waals surface area contributed by atoms with Crippen LogP contribution in [-0.4, -0.2) is 30.4 Å². The van der Waals surface area contributed by atoms with Crippen molar-refractivity contribution in [3.05, 3.63) is 0 Å². The highest BCUT2D eigenvalue weighted by Gasteiger charge is 2.08. The van der Waals surface area contributed by atoms with E-state index in [9.17, 15) is 0 Å². The molecule has 0 aromatic heterocycles. The molecule has 0 amide bonds. The minimum absolute atomic E-state index is 0.0787. The fourth-order valence-electron chi connectivity index (χ4n) is 0.511. The summed E-state index contributed by atoms with van der Waals surface area (Å²) in [5, 5.41) is 7.07. The van der Waals surface area contributed by atoms with Crippen molar-refractivity contribution >= 4 is 5.84 Å². The predicted molar refractivity (Wildman–Crippen MR) is 39.7 cm³/mol. The van der Waals surface area contributed by atoms with Crippen molar-refractivity contribution < 1.29 is 0 Å². The molecule has 3 heteroatoms. The first-order valence-electron chi connectivity index (χ1n) is 3.13. The summed E-state index contributed by atoms with van der Waals surface area (Å²) in [6.07, 6.45) is 0. The van der Waals surface area contributed by atoms with Gasteiger partial charge in [0.05, 0.1) is 6.04 Å². The largest absolute Gasteiger partial charge is 0.386 e. The highest BCUT2D eigenvalue weighted by atomic mass is 15.1. The summed E-state index contributed by atoms with van der Waals surface area (Å²) < 4.78 is 0. The number of hydrogen-bond donors (Lipinski definition) is 2. The summed E-state index contributed by atoms with van der Waals surface area (Å²) >= 11 is 0. The van der Waals surface area contributed by atoms with Gasteiger partial charge in [-0.25, -0.2) is 0 Å². The number of amidine groups is 1. The van der Waals surface area contributed by atoms with Crippen LogP contribution in [0.15, 0.2) is 0 Å². The fourth-order valence-corrected chi connectivity index (χ4v) is 0.511. The molecule has 0 spiro atoms. The van der Waals surface area contributed by atoms with Gasteiger partial charge in [0.2, 0.25) is 0 Å². The lowest BCUT2D eigenvalue weighted by atomic mass is 10.3. The molecule has 0 heterocycles. The van der Waals surface area contributed by atoms with Crippen molar-refractivity contribution in [3.63, 3.8) is 0 Å². The van der Waals surface area contributed by atoms with E-state index in [0.29, 0.717) is 0 Å². The first kappa shape index (κ1) is 8.43. The van der Waals surface area contributed by atoms with Crippen LogP contribution in [0.5, 0.6) is 0 Å². The predicted octanol–water partition coefficient (Wildman–Crippen LogP) is 0.263. The monoisotopic (exact) mass is 129 g/mol.